The summed E-state index contributed by atoms with van der Waals surface area (Å²) < 4.78 is 5.86. The summed E-state index contributed by atoms with van der Waals surface area (Å²) in [6.45, 7) is 3.18. The third-order valence-electron chi connectivity index (χ3n) is 5.26. The largest absolute Gasteiger partial charge is 0.374 e. The molecule has 2 aromatic rings. The average molecular weight is 379 g/mol. The molecule has 0 aliphatic carbocycles. The van der Waals surface area contributed by atoms with Crippen molar-refractivity contribution in [1.29, 1.82) is 0 Å². The Morgan fingerprint density at radius 1 is 1.04 bits per heavy atom. The topological polar surface area (TPSA) is 61.9 Å². The van der Waals surface area contributed by atoms with Gasteiger partial charge < -0.3 is 15.0 Å². The van der Waals surface area contributed by atoms with Gasteiger partial charge in [0, 0.05) is 38.3 Å². The Bertz CT molecular complexity index is 823. The maximum Gasteiger partial charge on any atom is 0.321 e. The van der Waals surface area contributed by atoms with E-state index in [1.165, 1.54) is 5.56 Å². The van der Waals surface area contributed by atoms with E-state index in [0.29, 0.717) is 39.2 Å². The summed E-state index contributed by atoms with van der Waals surface area (Å²) in [7, 11) is 0. The van der Waals surface area contributed by atoms with Gasteiger partial charge in [0.1, 0.15) is 0 Å². The number of benzene rings is 2. The average Bonchev–Trinajstić information content (AvgIpc) is 3.15. The van der Waals surface area contributed by atoms with Crippen molar-refractivity contribution in [3.63, 3.8) is 0 Å². The number of rotatable bonds is 5. The van der Waals surface area contributed by atoms with Gasteiger partial charge in [-0.25, -0.2) is 4.79 Å². The summed E-state index contributed by atoms with van der Waals surface area (Å²) in [5, 5.41) is 2.79. The fourth-order valence-corrected chi connectivity index (χ4v) is 3.74. The van der Waals surface area contributed by atoms with Crippen LogP contribution in [0.2, 0.25) is 0 Å². The van der Waals surface area contributed by atoms with Gasteiger partial charge in [0.2, 0.25) is 5.91 Å². The van der Waals surface area contributed by atoms with Crippen LogP contribution < -0.4 is 10.2 Å². The minimum Gasteiger partial charge on any atom is -0.374 e. The molecule has 2 fully saturated rings. The Morgan fingerprint density at radius 3 is 2.54 bits per heavy atom. The minimum atomic E-state index is -0.0680. The molecule has 2 aliphatic heterocycles. The van der Waals surface area contributed by atoms with E-state index in [0.717, 1.165) is 17.7 Å². The molecular formula is C22H25N3O3. The second-order valence-corrected chi connectivity index (χ2v) is 7.25. The van der Waals surface area contributed by atoms with Crippen LogP contribution in [0.3, 0.4) is 0 Å². The van der Waals surface area contributed by atoms with E-state index < -0.39 is 0 Å². The van der Waals surface area contributed by atoms with E-state index in [4.69, 9.17) is 4.74 Å². The van der Waals surface area contributed by atoms with Crippen LogP contribution in [0.25, 0.3) is 0 Å². The van der Waals surface area contributed by atoms with Crippen LogP contribution in [-0.4, -0.2) is 55.7 Å². The predicted octanol–water partition coefficient (Wildman–Crippen LogP) is 2.23. The first-order valence-electron chi connectivity index (χ1n) is 9.76. The lowest BCUT2D eigenvalue weighted by molar-refractivity contribution is -0.138. The van der Waals surface area contributed by atoms with Gasteiger partial charge in [0.15, 0.2) is 0 Å². The highest BCUT2D eigenvalue weighted by molar-refractivity contribution is 5.94. The molecule has 1 atom stereocenters. The summed E-state index contributed by atoms with van der Waals surface area (Å²) in [5.74, 6) is 0.119. The van der Waals surface area contributed by atoms with Gasteiger partial charge in [-0.2, -0.15) is 0 Å². The predicted molar refractivity (Wildman–Crippen MR) is 107 cm³/mol. The minimum absolute atomic E-state index is 0.0381. The van der Waals surface area contributed by atoms with E-state index in [9.17, 15) is 9.59 Å². The molecule has 6 nitrogen and oxygen atoms in total. The van der Waals surface area contributed by atoms with Crippen LogP contribution in [0.5, 0.6) is 0 Å². The van der Waals surface area contributed by atoms with Gasteiger partial charge in [0.25, 0.3) is 0 Å². The lowest BCUT2D eigenvalue weighted by atomic mass is 10.1. The molecule has 28 heavy (non-hydrogen) atoms. The van der Waals surface area contributed by atoms with E-state index >= 15 is 0 Å². The summed E-state index contributed by atoms with van der Waals surface area (Å²) in [6, 6.07) is 17.8. The number of anilines is 1. The molecule has 1 N–H and O–H groups in total. The molecule has 0 radical (unpaired) electrons. The second kappa shape index (κ2) is 8.44. The Morgan fingerprint density at radius 2 is 1.82 bits per heavy atom. The van der Waals surface area contributed by atoms with E-state index in [2.05, 4.69) is 17.4 Å². The molecule has 2 heterocycles. The quantitative estimate of drug-likeness (QED) is 0.867. The van der Waals surface area contributed by atoms with Crippen molar-refractivity contribution in [2.75, 3.05) is 37.7 Å². The Hall–Kier alpha value is -2.86. The van der Waals surface area contributed by atoms with Gasteiger partial charge in [-0.15, -0.1) is 0 Å². The highest BCUT2D eigenvalue weighted by Gasteiger charge is 2.25. The highest BCUT2D eigenvalue weighted by Crippen LogP contribution is 2.18. The molecule has 0 bridgehead atoms. The number of carbonyl (C=O) groups excluding carboxylic acids is 2. The van der Waals surface area contributed by atoms with Crippen molar-refractivity contribution >= 4 is 17.6 Å². The molecule has 0 spiro atoms. The molecule has 1 unspecified atom stereocenters. The zero-order chi connectivity index (χ0) is 19.3. The zero-order valence-electron chi connectivity index (χ0n) is 15.8. The maximum absolute atomic E-state index is 12.8. The van der Waals surface area contributed by atoms with Crippen molar-refractivity contribution in [3.05, 3.63) is 65.7 Å². The number of ether oxygens (including phenoxy) is 1. The monoisotopic (exact) mass is 379 g/mol. The van der Waals surface area contributed by atoms with E-state index in [1.807, 2.05) is 47.4 Å². The molecule has 0 aromatic heterocycles. The van der Waals surface area contributed by atoms with Crippen LogP contribution in [0, 0.1) is 0 Å². The number of carbonyl (C=O) groups is 2. The molecular weight excluding hydrogens is 354 g/mol. The summed E-state index contributed by atoms with van der Waals surface area (Å²) in [6.07, 6.45) is 1.22. The molecule has 0 saturated carbocycles. The molecule has 2 aromatic carbocycles. The molecule has 2 aliphatic rings. The first-order valence-corrected chi connectivity index (χ1v) is 9.76. The number of amides is 3. The Labute approximate surface area is 165 Å². The SMILES string of the molecule is O=C(Cc1ccc(N2CCNC2=O)cc1)N1CCOC(Cc2ccccc2)C1. The number of nitrogens with one attached hydrogen (secondary N) is 1. The van der Waals surface area contributed by atoms with Crippen molar-refractivity contribution in [3.8, 4) is 0 Å². The molecule has 4 rings (SSSR count). The van der Waals surface area contributed by atoms with Crippen molar-refractivity contribution in [1.82, 2.24) is 10.2 Å². The van der Waals surface area contributed by atoms with Crippen molar-refractivity contribution in [2.24, 2.45) is 0 Å². The van der Waals surface area contributed by atoms with Gasteiger partial charge in [0.05, 0.1) is 19.1 Å². The summed E-state index contributed by atoms with van der Waals surface area (Å²) in [4.78, 5) is 28.1. The van der Waals surface area contributed by atoms with Crippen molar-refractivity contribution in [2.45, 2.75) is 18.9 Å². The molecule has 146 valence electrons. The summed E-state index contributed by atoms with van der Waals surface area (Å²) >= 11 is 0. The second-order valence-electron chi connectivity index (χ2n) is 7.25. The number of hydrogen-bond donors (Lipinski definition) is 1. The number of hydrogen-bond acceptors (Lipinski definition) is 3. The van der Waals surface area contributed by atoms with Crippen LogP contribution >= 0.6 is 0 Å². The summed E-state index contributed by atoms with van der Waals surface area (Å²) in [5.41, 5.74) is 3.04. The highest BCUT2D eigenvalue weighted by atomic mass is 16.5. The fraction of sp³-hybridized carbons (Fsp3) is 0.364. The third kappa shape index (κ3) is 4.34. The van der Waals surface area contributed by atoms with Crippen LogP contribution in [0.4, 0.5) is 10.5 Å². The standard InChI is InChI=1S/C22H25N3O3/c26-21(15-18-6-8-19(9-7-18)25-11-10-23-22(25)27)24-12-13-28-20(16-24)14-17-4-2-1-3-5-17/h1-9,20H,10-16H2,(H,23,27). The van der Waals surface area contributed by atoms with Gasteiger partial charge in [-0.3, -0.25) is 9.69 Å². The first-order chi connectivity index (χ1) is 13.7. The fourth-order valence-electron chi connectivity index (χ4n) is 3.74. The Kier molecular flexibility index (Phi) is 5.58. The van der Waals surface area contributed by atoms with Gasteiger partial charge in [-0.05, 0) is 23.3 Å². The maximum atomic E-state index is 12.8. The molecule has 2 saturated heterocycles. The molecule has 3 amide bonds. The van der Waals surface area contributed by atoms with Crippen LogP contribution in [-0.2, 0) is 22.4 Å². The van der Waals surface area contributed by atoms with Gasteiger partial charge >= 0.3 is 6.03 Å². The van der Waals surface area contributed by atoms with Crippen LogP contribution in [0.1, 0.15) is 11.1 Å². The van der Waals surface area contributed by atoms with E-state index in [-0.39, 0.29) is 18.0 Å². The lowest BCUT2D eigenvalue weighted by Crippen LogP contribution is -2.46. The number of morpholine rings is 1. The Balaban J connectivity index is 1.33. The smallest absolute Gasteiger partial charge is 0.321 e. The van der Waals surface area contributed by atoms with Crippen LogP contribution in [0.15, 0.2) is 54.6 Å². The lowest BCUT2D eigenvalue weighted by Gasteiger charge is -2.33. The van der Waals surface area contributed by atoms with E-state index in [1.54, 1.807) is 4.90 Å². The number of nitrogens with zero attached hydrogens (tertiary/aromatic N) is 2. The van der Waals surface area contributed by atoms with Gasteiger partial charge in [-0.1, -0.05) is 42.5 Å². The molecule has 6 heteroatoms. The third-order valence-corrected chi connectivity index (χ3v) is 5.26. The van der Waals surface area contributed by atoms with Crippen molar-refractivity contribution < 1.29 is 14.3 Å². The first kappa shape index (κ1) is 18.5. The normalized spacial score (nSPS) is 19.6. The zero-order valence-corrected chi connectivity index (χ0v) is 15.8. The number of urea groups is 1.